The highest BCUT2D eigenvalue weighted by Gasteiger charge is 2.16. The Balaban J connectivity index is 1.58. The van der Waals surface area contributed by atoms with Gasteiger partial charge in [-0.25, -0.2) is 8.42 Å². The Labute approximate surface area is 179 Å². The summed E-state index contributed by atoms with van der Waals surface area (Å²) in [7, 11) is -2.23. The van der Waals surface area contributed by atoms with Crippen LogP contribution in [-0.2, 0) is 10.0 Å². The van der Waals surface area contributed by atoms with E-state index >= 15 is 0 Å². The fourth-order valence-electron chi connectivity index (χ4n) is 3.84. The first-order valence-electron chi connectivity index (χ1n) is 10.5. The molecule has 0 saturated heterocycles. The zero-order chi connectivity index (χ0) is 21.4. The molecule has 0 spiro atoms. The van der Waals surface area contributed by atoms with Crippen LogP contribution in [0.4, 0.5) is 5.69 Å². The average Bonchev–Trinajstić information content (AvgIpc) is 3.02. The van der Waals surface area contributed by atoms with Crippen LogP contribution in [0.2, 0.25) is 0 Å². The van der Waals surface area contributed by atoms with Gasteiger partial charge in [0.2, 0.25) is 0 Å². The molecule has 162 valence electrons. The molecule has 0 atom stereocenters. The fraction of sp³-hybridized carbons (Fsp3) is 0.435. The van der Waals surface area contributed by atoms with E-state index in [1.807, 2.05) is 0 Å². The van der Waals surface area contributed by atoms with Crippen molar-refractivity contribution in [1.29, 1.82) is 0 Å². The monoisotopic (exact) mass is 430 g/mol. The number of anilines is 1. The van der Waals surface area contributed by atoms with Crippen LogP contribution < -0.4 is 14.8 Å². The summed E-state index contributed by atoms with van der Waals surface area (Å²) >= 11 is 0. The molecule has 2 aromatic carbocycles. The molecule has 0 unspecified atom stereocenters. The zero-order valence-electron chi connectivity index (χ0n) is 17.4. The third kappa shape index (κ3) is 6.23. The molecule has 6 nitrogen and oxygen atoms in total. The van der Waals surface area contributed by atoms with E-state index in [4.69, 9.17) is 4.74 Å². The molecule has 0 aliphatic heterocycles. The summed E-state index contributed by atoms with van der Waals surface area (Å²) in [5.74, 6) is 1.08. The quantitative estimate of drug-likeness (QED) is 0.600. The predicted octanol–water partition coefficient (Wildman–Crippen LogP) is 4.59. The summed E-state index contributed by atoms with van der Waals surface area (Å²) in [6, 6.07) is 12.7. The maximum atomic E-state index is 12.6. The van der Waals surface area contributed by atoms with Crippen LogP contribution in [0.3, 0.4) is 0 Å². The molecule has 1 amide bonds. The van der Waals surface area contributed by atoms with Crippen molar-refractivity contribution in [2.75, 3.05) is 18.4 Å². The second-order valence-electron chi connectivity index (χ2n) is 7.76. The lowest BCUT2D eigenvalue weighted by molar-refractivity contribution is 0.0951. The molecule has 0 aromatic heterocycles. The third-order valence-electron chi connectivity index (χ3n) is 5.56. The van der Waals surface area contributed by atoms with Crippen molar-refractivity contribution < 1.29 is 17.9 Å². The Hall–Kier alpha value is -2.54. The molecule has 2 aromatic rings. The van der Waals surface area contributed by atoms with Gasteiger partial charge in [-0.2, -0.15) is 0 Å². The van der Waals surface area contributed by atoms with Crippen LogP contribution in [0.1, 0.15) is 55.3 Å². The lowest BCUT2D eigenvalue weighted by Crippen LogP contribution is -2.26. The van der Waals surface area contributed by atoms with Crippen LogP contribution in [0.25, 0.3) is 0 Å². The van der Waals surface area contributed by atoms with E-state index in [-0.39, 0.29) is 10.8 Å². The van der Waals surface area contributed by atoms with Crippen molar-refractivity contribution in [3.8, 4) is 5.75 Å². The number of sulfonamides is 1. The number of hydrogen-bond acceptors (Lipinski definition) is 4. The van der Waals surface area contributed by atoms with Gasteiger partial charge in [-0.05, 0) is 54.8 Å². The number of rotatable bonds is 8. The molecule has 0 heterocycles. The molecule has 0 radical (unpaired) electrons. The van der Waals surface area contributed by atoms with Gasteiger partial charge in [0.25, 0.3) is 15.9 Å². The average molecular weight is 431 g/mol. The van der Waals surface area contributed by atoms with E-state index in [9.17, 15) is 13.2 Å². The minimum atomic E-state index is -3.75. The number of methoxy groups -OCH3 is 1. The number of nitrogens with one attached hydrogen (secondary N) is 2. The van der Waals surface area contributed by atoms with Crippen LogP contribution >= 0.6 is 0 Å². The number of carbonyl (C=O) groups excluding carboxylic acids is 1. The normalized spacial score (nSPS) is 15.2. The van der Waals surface area contributed by atoms with Gasteiger partial charge in [-0.1, -0.05) is 44.6 Å². The third-order valence-corrected chi connectivity index (χ3v) is 6.96. The predicted molar refractivity (Wildman–Crippen MR) is 118 cm³/mol. The minimum Gasteiger partial charge on any atom is -0.497 e. The van der Waals surface area contributed by atoms with Gasteiger partial charge in [0, 0.05) is 17.8 Å². The smallest absolute Gasteiger partial charge is 0.261 e. The first kappa shape index (κ1) is 22.2. The van der Waals surface area contributed by atoms with Gasteiger partial charge in [0.05, 0.1) is 12.0 Å². The van der Waals surface area contributed by atoms with Crippen LogP contribution in [0.5, 0.6) is 5.75 Å². The number of ether oxygens (including phenoxy) is 1. The first-order chi connectivity index (χ1) is 14.5. The molecule has 1 aliphatic rings. The highest BCUT2D eigenvalue weighted by molar-refractivity contribution is 7.92. The molecule has 3 rings (SSSR count). The Bertz CT molecular complexity index is 934. The molecule has 7 heteroatoms. The second kappa shape index (κ2) is 10.5. The van der Waals surface area contributed by atoms with E-state index in [1.165, 1.54) is 57.8 Å². The van der Waals surface area contributed by atoms with E-state index in [1.54, 1.807) is 36.4 Å². The summed E-state index contributed by atoms with van der Waals surface area (Å²) in [6.07, 6.45) is 8.71. The van der Waals surface area contributed by atoms with Crippen LogP contribution in [-0.4, -0.2) is 28.0 Å². The first-order valence-corrected chi connectivity index (χ1v) is 12.0. The van der Waals surface area contributed by atoms with Gasteiger partial charge in [-0.15, -0.1) is 0 Å². The molecular formula is C23H30N2O4S. The summed E-state index contributed by atoms with van der Waals surface area (Å²) in [5, 5.41) is 2.97. The molecule has 2 N–H and O–H groups in total. The van der Waals surface area contributed by atoms with Gasteiger partial charge >= 0.3 is 0 Å². The highest BCUT2D eigenvalue weighted by Crippen LogP contribution is 2.25. The molecule has 1 fully saturated rings. The van der Waals surface area contributed by atoms with Crippen molar-refractivity contribution in [3.05, 3.63) is 54.1 Å². The van der Waals surface area contributed by atoms with E-state index < -0.39 is 10.0 Å². The largest absolute Gasteiger partial charge is 0.497 e. The van der Waals surface area contributed by atoms with Crippen molar-refractivity contribution in [3.63, 3.8) is 0 Å². The summed E-state index contributed by atoms with van der Waals surface area (Å²) in [6.45, 7) is 0.644. The number of amides is 1. The highest BCUT2D eigenvalue weighted by atomic mass is 32.2. The summed E-state index contributed by atoms with van der Waals surface area (Å²) in [5.41, 5.74) is 0.785. The number of carbonyl (C=O) groups is 1. The molecule has 1 aliphatic carbocycles. The summed E-state index contributed by atoms with van der Waals surface area (Å²) in [4.78, 5) is 12.6. The number of benzene rings is 2. The minimum absolute atomic E-state index is 0.126. The molecule has 30 heavy (non-hydrogen) atoms. The van der Waals surface area contributed by atoms with Crippen molar-refractivity contribution in [1.82, 2.24) is 5.32 Å². The topological polar surface area (TPSA) is 84.5 Å². The zero-order valence-corrected chi connectivity index (χ0v) is 18.2. The molecular weight excluding hydrogens is 400 g/mol. The molecule has 1 saturated carbocycles. The fourth-order valence-corrected chi connectivity index (χ4v) is 4.89. The lowest BCUT2D eigenvalue weighted by atomic mass is 9.97. The van der Waals surface area contributed by atoms with Crippen LogP contribution in [0.15, 0.2) is 53.4 Å². The second-order valence-corrected chi connectivity index (χ2v) is 9.45. The standard InChI is InChI=1S/C23H30N2O4S/c1-29-21-11-13-22(14-12-21)30(27,28)25-20-10-6-9-19(17-20)23(26)24-16-15-18-7-4-2-3-5-8-18/h6,9-14,17-18,25H,2-5,7-8,15-16H2,1H3,(H,24,26). The Kier molecular flexibility index (Phi) is 7.74. The van der Waals surface area contributed by atoms with Gasteiger partial charge in [0.1, 0.15) is 5.75 Å². The van der Waals surface area contributed by atoms with Gasteiger partial charge < -0.3 is 10.1 Å². The van der Waals surface area contributed by atoms with Crippen molar-refractivity contribution >= 4 is 21.6 Å². The number of hydrogen-bond donors (Lipinski definition) is 2. The SMILES string of the molecule is COc1ccc(S(=O)(=O)Nc2cccc(C(=O)NCCC3CCCCCC3)c2)cc1. The van der Waals surface area contributed by atoms with E-state index in [0.29, 0.717) is 29.5 Å². The Morgan fingerprint density at radius 3 is 2.40 bits per heavy atom. The lowest BCUT2D eigenvalue weighted by Gasteiger charge is -2.14. The van der Waals surface area contributed by atoms with Gasteiger partial charge in [-0.3, -0.25) is 9.52 Å². The van der Waals surface area contributed by atoms with Crippen molar-refractivity contribution in [2.24, 2.45) is 5.92 Å². The van der Waals surface area contributed by atoms with Gasteiger partial charge in [0.15, 0.2) is 0 Å². The maximum Gasteiger partial charge on any atom is 0.261 e. The van der Waals surface area contributed by atoms with Crippen molar-refractivity contribution in [2.45, 2.75) is 49.8 Å². The van der Waals surface area contributed by atoms with Crippen LogP contribution in [0, 0.1) is 5.92 Å². The van der Waals surface area contributed by atoms with E-state index in [2.05, 4.69) is 10.0 Å². The Morgan fingerprint density at radius 2 is 1.73 bits per heavy atom. The Morgan fingerprint density at radius 1 is 1.03 bits per heavy atom. The molecule has 0 bridgehead atoms. The maximum absolute atomic E-state index is 12.6. The summed E-state index contributed by atoms with van der Waals surface area (Å²) < 4.78 is 32.8. The van der Waals surface area contributed by atoms with E-state index in [0.717, 1.165) is 6.42 Å².